The van der Waals surface area contributed by atoms with Gasteiger partial charge >= 0.3 is 17.9 Å². The normalized spacial score (nSPS) is 37.0. The van der Waals surface area contributed by atoms with Crippen molar-refractivity contribution in [2.24, 2.45) is 22.7 Å². The maximum absolute atomic E-state index is 13.9. The van der Waals surface area contributed by atoms with Crippen LogP contribution in [0.25, 0.3) is 11.2 Å². The molecular formula is C34H42ClN5O8. The van der Waals surface area contributed by atoms with Crippen molar-refractivity contribution in [3.63, 3.8) is 0 Å². The zero-order valence-corrected chi connectivity index (χ0v) is 28.0. The number of hydrogen-bond donors (Lipinski definition) is 1. The molecule has 2 aliphatic heterocycles. The Kier molecular flexibility index (Phi) is 7.93. The van der Waals surface area contributed by atoms with Gasteiger partial charge in [0.25, 0.3) is 5.91 Å². The molecule has 13 nitrogen and oxygen atoms in total. The fourth-order valence-corrected chi connectivity index (χ4v) is 9.32. The van der Waals surface area contributed by atoms with Gasteiger partial charge in [0.05, 0.1) is 17.2 Å². The molecule has 4 atom stereocenters. The fourth-order valence-electron chi connectivity index (χ4n) is 9.16. The lowest BCUT2D eigenvalue weighted by molar-refractivity contribution is -0.190. The van der Waals surface area contributed by atoms with E-state index in [1.807, 2.05) is 6.92 Å². The van der Waals surface area contributed by atoms with E-state index in [1.54, 1.807) is 4.57 Å². The standard InChI is InChI=1S/C34H42ClN5O8/c1-32(17-45-29(43)33-10-4-19(5-11-33)6-12-33)22(47-30(44)34-13-7-20(8-14-34)9-15-34)16-23(48-32)40-18-36-25-26(38-31(35)39-27(25)40)37-28(42)21-2-3-24(41)46-21/h18-23H,2-17H2,1H3,(H,37,38,39,42)/t19?,20?,21-,22+,23-,32-,33?,34?/m1/s1. The van der Waals surface area contributed by atoms with E-state index in [2.05, 4.69) is 20.3 Å². The summed E-state index contributed by atoms with van der Waals surface area (Å²) in [6.45, 7) is 1.77. The molecule has 6 saturated carbocycles. The molecule has 8 aliphatic rings. The molecule has 14 heteroatoms. The number of aromatic nitrogens is 4. The second kappa shape index (κ2) is 11.9. The van der Waals surface area contributed by atoms with E-state index < -0.39 is 46.7 Å². The van der Waals surface area contributed by atoms with Crippen LogP contribution in [0.5, 0.6) is 0 Å². The van der Waals surface area contributed by atoms with Crippen molar-refractivity contribution in [1.82, 2.24) is 19.5 Å². The van der Waals surface area contributed by atoms with Gasteiger partial charge in [-0.1, -0.05) is 0 Å². The molecule has 2 saturated heterocycles. The van der Waals surface area contributed by atoms with E-state index in [1.165, 1.54) is 6.33 Å². The Bertz CT molecular complexity index is 1620. The van der Waals surface area contributed by atoms with Gasteiger partial charge in [0, 0.05) is 19.3 Å². The number of carbonyl (C=O) groups is 4. The lowest BCUT2D eigenvalue weighted by Crippen LogP contribution is -2.49. The quantitative estimate of drug-likeness (QED) is 0.221. The Labute approximate surface area is 283 Å². The van der Waals surface area contributed by atoms with Crippen molar-refractivity contribution in [2.75, 3.05) is 11.9 Å². The summed E-state index contributed by atoms with van der Waals surface area (Å²) in [6.07, 6.45) is 11.2. The molecule has 0 radical (unpaired) electrons. The number of hydrogen-bond acceptors (Lipinski definition) is 11. The van der Waals surface area contributed by atoms with Crippen molar-refractivity contribution in [2.45, 2.75) is 127 Å². The molecule has 1 N–H and O–H groups in total. The first-order chi connectivity index (χ1) is 23.0. The minimum atomic E-state index is -1.14. The fraction of sp³-hybridized carbons (Fsp3) is 0.735. The number of nitrogens with one attached hydrogen (secondary N) is 1. The predicted octanol–water partition coefficient (Wildman–Crippen LogP) is 5.20. The van der Waals surface area contributed by atoms with Gasteiger partial charge in [0.15, 0.2) is 23.1 Å². The molecule has 1 amide bonds. The molecule has 48 heavy (non-hydrogen) atoms. The molecule has 4 heterocycles. The summed E-state index contributed by atoms with van der Waals surface area (Å²) in [4.78, 5) is 65.0. The SMILES string of the molecule is C[C@]1(COC(=O)C23CCC(CC2)CC3)O[C@@H](n2cnc3c(NC(=O)[C@H]4CCC(=O)O4)nc(Cl)nc32)C[C@@H]1OC(=O)C12CCC(CC1)CC2. The predicted molar refractivity (Wildman–Crippen MR) is 169 cm³/mol. The molecule has 8 fully saturated rings. The van der Waals surface area contributed by atoms with Gasteiger partial charge in [-0.15, -0.1) is 0 Å². The van der Waals surface area contributed by atoms with Gasteiger partial charge in [-0.3, -0.25) is 23.7 Å². The summed E-state index contributed by atoms with van der Waals surface area (Å²) in [5.74, 6) is 0.123. The van der Waals surface area contributed by atoms with Crippen LogP contribution in [-0.2, 0) is 38.1 Å². The lowest BCUT2D eigenvalue weighted by atomic mass is 9.61. The smallest absolute Gasteiger partial charge is 0.312 e. The molecule has 4 bridgehead atoms. The van der Waals surface area contributed by atoms with Crippen LogP contribution in [0.4, 0.5) is 5.82 Å². The Morgan fingerprint density at radius 1 is 0.958 bits per heavy atom. The molecule has 0 spiro atoms. The first-order valence-electron chi connectivity index (χ1n) is 17.5. The van der Waals surface area contributed by atoms with E-state index in [-0.39, 0.29) is 54.4 Å². The van der Waals surface area contributed by atoms with E-state index in [0.717, 1.165) is 77.0 Å². The van der Waals surface area contributed by atoms with Crippen LogP contribution in [0, 0.1) is 22.7 Å². The van der Waals surface area contributed by atoms with Crippen LogP contribution in [0.1, 0.15) is 109 Å². The minimum Gasteiger partial charge on any atom is -0.462 e. The maximum atomic E-state index is 13.9. The van der Waals surface area contributed by atoms with E-state index in [9.17, 15) is 19.2 Å². The topological polar surface area (TPSA) is 161 Å². The summed E-state index contributed by atoms with van der Waals surface area (Å²) in [5, 5.41) is 2.54. The first kappa shape index (κ1) is 31.9. The summed E-state index contributed by atoms with van der Waals surface area (Å²) in [5.41, 5.74) is -1.50. The number of carbonyl (C=O) groups excluding carboxylic acids is 4. The molecule has 2 aromatic rings. The van der Waals surface area contributed by atoms with Gasteiger partial charge in [0.2, 0.25) is 5.28 Å². The number of esters is 3. The number of cyclic esters (lactones) is 1. The third-order valence-electron chi connectivity index (χ3n) is 12.4. The largest absolute Gasteiger partial charge is 0.462 e. The molecular weight excluding hydrogens is 642 g/mol. The average molecular weight is 684 g/mol. The first-order valence-corrected chi connectivity index (χ1v) is 17.9. The highest BCUT2D eigenvalue weighted by Gasteiger charge is 2.55. The van der Waals surface area contributed by atoms with Gasteiger partial charge in [-0.25, -0.2) is 4.98 Å². The van der Waals surface area contributed by atoms with Crippen LogP contribution in [-0.4, -0.2) is 67.7 Å². The van der Waals surface area contributed by atoms with E-state index in [4.69, 9.17) is 30.5 Å². The third kappa shape index (κ3) is 5.54. The van der Waals surface area contributed by atoms with Gasteiger partial charge in [-0.05, 0) is 107 Å². The van der Waals surface area contributed by atoms with E-state index >= 15 is 0 Å². The molecule has 2 aromatic heterocycles. The van der Waals surface area contributed by atoms with Crippen LogP contribution in [0.2, 0.25) is 5.28 Å². The summed E-state index contributed by atoms with van der Waals surface area (Å²) in [7, 11) is 0. The van der Waals surface area contributed by atoms with Crippen molar-refractivity contribution in [3.05, 3.63) is 11.6 Å². The molecule has 10 rings (SSSR count). The number of halogens is 1. The summed E-state index contributed by atoms with van der Waals surface area (Å²) in [6, 6.07) is 0. The van der Waals surface area contributed by atoms with E-state index in [0.29, 0.717) is 17.5 Å². The monoisotopic (exact) mass is 683 g/mol. The second-order valence-electron chi connectivity index (χ2n) is 15.3. The third-order valence-corrected chi connectivity index (χ3v) is 12.6. The number of imidazole rings is 1. The Balaban J connectivity index is 1.05. The van der Waals surface area contributed by atoms with Crippen LogP contribution in [0.15, 0.2) is 6.33 Å². The van der Waals surface area contributed by atoms with Gasteiger partial charge in [0.1, 0.15) is 24.5 Å². The molecule has 258 valence electrons. The Morgan fingerprint density at radius 3 is 2.19 bits per heavy atom. The lowest BCUT2D eigenvalue weighted by Gasteiger charge is -2.45. The van der Waals surface area contributed by atoms with Crippen LogP contribution < -0.4 is 5.32 Å². The second-order valence-corrected chi connectivity index (χ2v) is 15.6. The van der Waals surface area contributed by atoms with Gasteiger partial charge in [-0.2, -0.15) is 9.97 Å². The Hall–Kier alpha value is -3.32. The highest BCUT2D eigenvalue weighted by atomic mass is 35.5. The average Bonchev–Trinajstić information content (AvgIpc) is 3.82. The Morgan fingerprint density at radius 2 is 1.58 bits per heavy atom. The number of ether oxygens (including phenoxy) is 4. The van der Waals surface area contributed by atoms with Crippen molar-refractivity contribution in [1.29, 1.82) is 0 Å². The maximum Gasteiger partial charge on any atom is 0.312 e. The molecule has 6 aliphatic carbocycles. The highest BCUT2D eigenvalue weighted by molar-refractivity contribution is 6.28. The zero-order valence-electron chi connectivity index (χ0n) is 27.2. The van der Waals surface area contributed by atoms with Crippen LogP contribution >= 0.6 is 11.6 Å². The highest BCUT2D eigenvalue weighted by Crippen LogP contribution is 2.53. The van der Waals surface area contributed by atoms with Crippen LogP contribution in [0.3, 0.4) is 0 Å². The number of fused-ring (bicyclic) bond motifs is 7. The van der Waals surface area contributed by atoms with Crippen molar-refractivity contribution in [3.8, 4) is 0 Å². The summed E-state index contributed by atoms with van der Waals surface area (Å²) < 4.78 is 25.9. The summed E-state index contributed by atoms with van der Waals surface area (Å²) >= 11 is 6.32. The molecule has 0 unspecified atom stereocenters. The number of amides is 1. The number of anilines is 1. The van der Waals surface area contributed by atoms with Crippen molar-refractivity contribution >= 4 is 52.4 Å². The molecule has 0 aromatic carbocycles. The minimum absolute atomic E-state index is 0.0652. The number of rotatable bonds is 8. The number of nitrogens with zero attached hydrogens (tertiary/aromatic N) is 4. The zero-order chi connectivity index (χ0) is 33.3. The van der Waals surface area contributed by atoms with Gasteiger partial charge < -0.3 is 24.3 Å². The van der Waals surface area contributed by atoms with Crippen molar-refractivity contribution < 1.29 is 38.1 Å².